The molecule has 1 aliphatic heterocycles. The van der Waals surface area contributed by atoms with Crippen LogP contribution in [0.1, 0.15) is 44.6 Å². The molecule has 2 heteroatoms. The lowest BCUT2D eigenvalue weighted by molar-refractivity contribution is 0.275. The van der Waals surface area contributed by atoms with E-state index in [1.807, 2.05) is 0 Å². The molecule has 1 heterocycles. The third kappa shape index (κ3) is 2.84. The number of anilines is 1. The van der Waals surface area contributed by atoms with Gasteiger partial charge in [-0.3, -0.25) is 0 Å². The van der Waals surface area contributed by atoms with Gasteiger partial charge in [-0.05, 0) is 24.5 Å². The molecule has 2 nitrogen and oxygen atoms in total. The molecule has 2 atom stereocenters. The van der Waals surface area contributed by atoms with Crippen LogP contribution in [0.25, 0.3) is 0 Å². The van der Waals surface area contributed by atoms with Crippen LogP contribution in [-0.2, 0) is 0 Å². The smallest absolute Gasteiger partial charge is 0.0431 e. The molecule has 2 rings (SSSR count). The molecule has 0 spiro atoms. The van der Waals surface area contributed by atoms with Gasteiger partial charge in [0.1, 0.15) is 0 Å². The zero-order valence-electron chi connectivity index (χ0n) is 12.0. The van der Waals surface area contributed by atoms with Gasteiger partial charge in [-0.1, -0.05) is 44.5 Å². The summed E-state index contributed by atoms with van der Waals surface area (Å²) in [7, 11) is 0. The Bertz CT molecular complexity index is 439. The summed E-state index contributed by atoms with van der Waals surface area (Å²) in [6.07, 6.45) is 5.13. The van der Waals surface area contributed by atoms with Crippen molar-refractivity contribution in [1.82, 2.24) is 0 Å². The fraction of sp³-hybridized carbons (Fsp3) is 0.529. The SMILES string of the molecule is C=CC(C)(C)[C@@H]1Nc2ccccc2[C@@H]1CCCCO. The minimum Gasteiger partial charge on any atom is -0.396 e. The van der Waals surface area contributed by atoms with Crippen molar-refractivity contribution < 1.29 is 5.11 Å². The van der Waals surface area contributed by atoms with Crippen molar-refractivity contribution in [3.8, 4) is 0 Å². The molecule has 104 valence electrons. The Morgan fingerprint density at radius 1 is 1.32 bits per heavy atom. The van der Waals surface area contributed by atoms with Crippen LogP contribution in [0.3, 0.4) is 0 Å². The third-order valence-electron chi connectivity index (χ3n) is 4.32. The second-order valence-corrected chi connectivity index (χ2v) is 6.06. The monoisotopic (exact) mass is 259 g/mol. The molecule has 0 saturated carbocycles. The highest BCUT2D eigenvalue weighted by molar-refractivity contribution is 5.60. The summed E-state index contributed by atoms with van der Waals surface area (Å²) in [6.45, 7) is 8.76. The predicted octanol–water partition coefficient (Wildman–Crippen LogP) is 3.94. The van der Waals surface area contributed by atoms with Crippen molar-refractivity contribution in [3.05, 3.63) is 42.5 Å². The van der Waals surface area contributed by atoms with Gasteiger partial charge in [0.25, 0.3) is 0 Å². The van der Waals surface area contributed by atoms with Gasteiger partial charge in [0.15, 0.2) is 0 Å². The standard InChI is InChI=1S/C17H25NO/c1-4-17(2,3)16-14(10-7-8-12-19)13-9-5-6-11-15(13)18-16/h4-6,9,11,14,16,18-19H,1,7-8,10,12H2,2-3H3/t14-,16+/m0/s1. The summed E-state index contributed by atoms with van der Waals surface area (Å²) in [5.41, 5.74) is 2.74. The number of benzene rings is 1. The maximum atomic E-state index is 8.98. The second-order valence-electron chi connectivity index (χ2n) is 6.06. The summed E-state index contributed by atoms with van der Waals surface area (Å²) >= 11 is 0. The second kappa shape index (κ2) is 5.79. The minimum absolute atomic E-state index is 0.0584. The first-order valence-corrected chi connectivity index (χ1v) is 7.20. The lowest BCUT2D eigenvalue weighted by atomic mass is 9.75. The van der Waals surface area contributed by atoms with Crippen molar-refractivity contribution in [2.45, 2.75) is 45.1 Å². The van der Waals surface area contributed by atoms with Gasteiger partial charge < -0.3 is 10.4 Å². The number of rotatable bonds is 6. The van der Waals surface area contributed by atoms with E-state index < -0.39 is 0 Å². The number of fused-ring (bicyclic) bond motifs is 1. The molecule has 0 aromatic heterocycles. The van der Waals surface area contributed by atoms with Gasteiger partial charge in [-0.25, -0.2) is 0 Å². The van der Waals surface area contributed by atoms with Crippen LogP contribution in [0.15, 0.2) is 36.9 Å². The van der Waals surface area contributed by atoms with Gasteiger partial charge >= 0.3 is 0 Å². The van der Waals surface area contributed by atoms with Crippen molar-refractivity contribution in [1.29, 1.82) is 0 Å². The molecule has 1 aliphatic rings. The Labute approximate surface area is 116 Å². The number of aliphatic hydroxyl groups is 1. The summed E-state index contributed by atoms with van der Waals surface area (Å²) in [6, 6.07) is 8.97. The molecular weight excluding hydrogens is 234 g/mol. The minimum atomic E-state index is 0.0584. The van der Waals surface area contributed by atoms with Gasteiger partial charge in [-0.2, -0.15) is 0 Å². The Morgan fingerprint density at radius 3 is 2.74 bits per heavy atom. The van der Waals surface area contributed by atoms with E-state index in [1.54, 1.807) is 0 Å². The fourth-order valence-corrected chi connectivity index (χ4v) is 3.03. The molecule has 0 radical (unpaired) electrons. The van der Waals surface area contributed by atoms with E-state index in [4.69, 9.17) is 5.11 Å². The lowest BCUT2D eigenvalue weighted by Crippen LogP contribution is -2.35. The first kappa shape index (κ1) is 14.1. The van der Waals surface area contributed by atoms with E-state index in [2.05, 4.69) is 56.1 Å². The Kier molecular flexibility index (Phi) is 4.31. The molecule has 0 unspecified atom stereocenters. The first-order chi connectivity index (χ1) is 9.10. The highest BCUT2D eigenvalue weighted by Crippen LogP contribution is 2.45. The zero-order valence-corrected chi connectivity index (χ0v) is 12.0. The van der Waals surface area contributed by atoms with Gasteiger partial charge in [-0.15, -0.1) is 6.58 Å². The van der Waals surface area contributed by atoms with Crippen LogP contribution in [0.2, 0.25) is 0 Å². The maximum Gasteiger partial charge on any atom is 0.0431 e. The molecule has 19 heavy (non-hydrogen) atoms. The summed E-state index contributed by atoms with van der Waals surface area (Å²) in [4.78, 5) is 0. The quantitative estimate of drug-likeness (QED) is 0.599. The molecule has 0 amide bonds. The van der Waals surface area contributed by atoms with Crippen LogP contribution >= 0.6 is 0 Å². The third-order valence-corrected chi connectivity index (χ3v) is 4.32. The molecular formula is C17H25NO. The largest absolute Gasteiger partial charge is 0.396 e. The number of aliphatic hydroxyl groups excluding tert-OH is 1. The van der Waals surface area contributed by atoms with Crippen molar-refractivity contribution in [2.24, 2.45) is 5.41 Å². The molecule has 2 N–H and O–H groups in total. The normalized spacial score (nSPS) is 21.8. The topological polar surface area (TPSA) is 32.3 Å². The van der Waals surface area contributed by atoms with E-state index >= 15 is 0 Å². The molecule has 1 aromatic carbocycles. The average Bonchev–Trinajstić information content (AvgIpc) is 2.79. The Morgan fingerprint density at radius 2 is 2.05 bits per heavy atom. The van der Waals surface area contributed by atoms with E-state index in [0.717, 1.165) is 19.3 Å². The first-order valence-electron chi connectivity index (χ1n) is 7.20. The highest BCUT2D eigenvalue weighted by atomic mass is 16.2. The van der Waals surface area contributed by atoms with Crippen LogP contribution in [-0.4, -0.2) is 17.8 Å². The van der Waals surface area contributed by atoms with Crippen molar-refractivity contribution in [2.75, 3.05) is 11.9 Å². The van der Waals surface area contributed by atoms with Crippen molar-refractivity contribution in [3.63, 3.8) is 0 Å². The molecule has 0 fully saturated rings. The molecule has 1 aromatic rings. The summed E-state index contributed by atoms with van der Waals surface area (Å²) in [5, 5.41) is 12.6. The van der Waals surface area contributed by atoms with E-state index in [0.29, 0.717) is 12.0 Å². The van der Waals surface area contributed by atoms with Crippen LogP contribution in [0.4, 0.5) is 5.69 Å². The Hall–Kier alpha value is -1.28. The number of para-hydroxylation sites is 1. The van der Waals surface area contributed by atoms with E-state index in [1.165, 1.54) is 11.3 Å². The van der Waals surface area contributed by atoms with Gasteiger partial charge in [0.2, 0.25) is 0 Å². The van der Waals surface area contributed by atoms with E-state index in [9.17, 15) is 0 Å². The Balaban J connectivity index is 2.23. The van der Waals surface area contributed by atoms with Crippen LogP contribution in [0, 0.1) is 5.41 Å². The predicted molar refractivity (Wildman–Crippen MR) is 81.5 cm³/mol. The number of unbranched alkanes of at least 4 members (excludes halogenated alkanes) is 1. The molecule has 0 aliphatic carbocycles. The zero-order chi connectivity index (χ0) is 13.9. The molecule has 0 saturated heterocycles. The summed E-state index contributed by atoms with van der Waals surface area (Å²) < 4.78 is 0. The molecule has 0 bridgehead atoms. The number of hydrogen-bond donors (Lipinski definition) is 2. The fourth-order valence-electron chi connectivity index (χ4n) is 3.03. The maximum absolute atomic E-state index is 8.98. The van der Waals surface area contributed by atoms with Crippen LogP contribution < -0.4 is 5.32 Å². The highest BCUT2D eigenvalue weighted by Gasteiger charge is 2.39. The van der Waals surface area contributed by atoms with Crippen molar-refractivity contribution >= 4 is 5.69 Å². The number of nitrogens with one attached hydrogen (secondary N) is 1. The van der Waals surface area contributed by atoms with E-state index in [-0.39, 0.29) is 12.0 Å². The van der Waals surface area contributed by atoms with Gasteiger partial charge in [0.05, 0.1) is 0 Å². The van der Waals surface area contributed by atoms with Gasteiger partial charge in [0, 0.05) is 29.7 Å². The lowest BCUT2D eigenvalue weighted by Gasteiger charge is -2.33. The summed E-state index contributed by atoms with van der Waals surface area (Å²) in [5.74, 6) is 0.510. The van der Waals surface area contributed by atoms with Crippen LogP contribution in [0.5, 0.6) is 0 Å². The number of hydrogen-bond acceptors (Lipinski definition) is 2. The average molecular weight is 259 g/mol.